The minimum Gasteiger partial charge on any atom is -0.497 e. The molecule has 1 aromatic heterocycles. The van der Waals surface area contributed by atoms with Gasteiger partial charge in [0.25, 0.3) is 5.91 Å². The maximum Gasteiger partial charge on any atom is 0.275 e. The second-order valence-corrected chi connectivity index (χ2v) is 3.95. The summed E-state index contributed by atoms with van der Waals surface area (Å²) in [4.78, 5) is 20.0. The predicted octanol–water partition coefficient (Wildman–Crippen LogP) is 1.03. The number of nitrogens with one attached hydrogen (secondary N) is 2. The standard InChI is InChI=1S/C13H15N5O3/c1-20-8-3-4-9(11(5-8)21-2)17-13(19)10-6-16-12(18-14)7-15-10/h3-7H,14H2,1-2H3,(H,16,18)(H,17,19). The molecule has 2 rings (SSSR count). The van der Waals surface area contributed by atoms with Crippen molar-refractivity contribution >= 4 is 17.4 Å². The summed E-state index contributed by atoms with van der Waals surface area (Å²) in [5.41, 5.74) is 3.00. The lowest BCUT2D eigenvalue weighted by Gasteiger charge is -2.11. The maximum absolute atomic E-state index is 12.1. The minimum absolute atomic E-state index is 0.159. The molecule has 0 saturated carbocycles. The number of rotatable bonds is 5. The molecule has 1 aromatic carbocycles. The SMILES string of the molecule is COc1ccc(NC(=O)c2cnc(NN)cn2)c(OC)c1. The smallest absolute Gasteiger partial charge is 0.275 e. The van der Waals surface area contributed by atoms with Crippen molar-refractivity contribution in [3.05, 3.63) is 36.3 Å². The topological polar surface area (TPSA) is 111 Å². The second-order valence-electron chi connectivity index (χ2n) is 3.95. The highest BCUT2D eigenvalue weighted by Crippen LogP contribution is 2.29. The van der Waals surface area contributed by atoms with Gasteiger partial charge in [-0.15, -0.1) is 0 Å². The molecule has 21 heavy (non-hydrogen) atoms. The van der Waals surface area contributed by atoms with E-state index in [1.807, 2.05) is 0 Å². The number of benzene rings is 1. The van der Waals surface area contributed by atoms with Gasteiger partial charge in [0.15, 0.2) is 5.82 Å². The number of hydrazine groups is 1. The van der Waals surface area contributed by atoms with Gasteiger partial charge in [0.05, 0.1) is 32.3 Å². The number of carbonyl (C=O) groups is 1. The number of nitrogens with zero attached hydrogens (tertiary/aromatic N) is 2. The number of nitrogen functional groups attached to an aromatic ring is 1. The monoisotopic (exact) mass is 289 g/mol. The molecule has 0 atom stereocenters. The van der Waals surface area contributed by atoms with Gasteiger partial charge in [0, 0.05) is 6.07 Å². The van der Waals surface area contributed by atoms with Crippen LogP contribution in [-0.2, 0) is 0 Å². The number of nitrogens with two attached hydrogens (primary N) is 1. The van der Waals surface area contributed by atoms with Gasteiger partial charge in [-0.2, -0.15) is 0 Å². The molecule has 0 unspecified atom stereocenters. The van der Waals surface area contributed by atoms with Crippen molar-refractivity contribution in [2.45, 2.75) is 0 Å². The number of anilines is 2. The Kier molecular flexibility index (Phi) is 4.52. The van der Waals surface area contributed by atoms with Crippen LogP contribution in [0, 0.1) is 0 Å². The molecular weight excluding hydrogens is 274 g/mol. The first-order valence-electron chi connectivity index (χ1n) is 6.00. The lowest BCUT2D eigenvalue weighted by molar-refractivity contribution is 0.102. The largest absolute Gasteiger partial charge is 0.497 e. The van der Waals surface area contributed by atoms with E-state index in [1.165, 1.54) is 19.5 Å². The Hall–Kier alpha value is -2.87. The molecule has 8 nitrogen and oxygen atoms in total. The summed E-state index contributed by atoms with van der Waals surface area (Å²) in [5, 5.41) is 2.69. The fourth-order valence-electron chi connectivity index (χ4n) is 1.61. The fraction of sp³-hybridized carbons (Fsp3) is 0.154. The molecule has 4 N–H and O–H groups in total. The Morgan fingerprint density at radius 1 is 1.19 bits per heavy atom. The van der Waals surface area contributed by atoms with Gasteiger partial charge >= 0.3 is 0 Å². The van der Waals surface area contributed by atoms with Crippen LogP contribution in [0.25, 0.3) is 0 Å². The average Bonchev–Trinajstić information content (AvgIpc) is 2.55. The van der Waals surface area contributed by atoms with Gasteiger partial charge in [-0.25, -0.2) is 15.8 Å². The Balaban J connectivity index is 2.18. The lowest BCUT2D eigenvalue weighted by atomic mass is 10.2. The summed E-state index contributed by atoms with van der Waals surface area (Å²) in [5.74, 6) is 6.25. The Morgan fingerprint density at radius 3 is 2.57 bits per heavy atom. The van der Waals surface area contributed by atoms with Gasteiger partial charge in [-0.3, -0.25) is 4.79 Å². The summed E-state index contributed by atoms with van der Waals surface area (Å²) in [6.45, 7) is 0. The minimum atomic E-state index is -0.408. The van der Waals surface area contributed by atoms with Crippen LogP contribution >= 0.6 is 0 Å². The van der Waals surface area contributed by atoms with Crippen LogP contribution in [0.2, 0.25) is 0 Å². The highest BCUT2D eigenvalue weighted by molar-refractivity contribution is 6.03. The molecule has 110 valence electrons. The molecule has 2 aromatic rings. The molecule has 0 fully saturated rings. The molecule has 0 saturated heterocycles. The van der Waals surface area contributed by atoms with Crippen LogP contribution in [0.4, 0.5) is 11.5 Å². The van der Waals surface area contributed by atoms with Crippen LogP contribution in [0.1, 0.15) is 10.5 Å². The van der Waals surface area contributed by atoms with Gasteiger partial charge in [0.1, 0.15) is 17.2 Å². The van der Waals surface area contributed by atoms with Crippen molar-refractivity contribution in [2.24, 2.45) is 5.84 Å². The zero-order valence-electron chi connectivity index (χ0n) is 11.6. The number of methoxy groups -OCH3 is 2. The van der Waals surface area contributed by atoms with Crippen LogP contribution in [0.5, 0.6) is 11.5 Å². The molecule has 0 radical (unpaired) electrons. The van der Waals surface area contributed by atoms with E-state index in [-0.39, 0.29) is 5.69 Å². The van der Waals surface area contributed by atoms with Crippen molar-refractivity contribution in [1.29, 1.82) is 0 Å². The molecule has 1 heterocycles. The van der Waals surface area contributed by atoms with Gasteiger partial charge in [-0.1, -0.05) is 0 Å². The Morgan fingerprint density at radius 2 is 2.00 bits per heavy atom. The van der Waals surface area contributed by atoms with Crippen molar-refractivity contribution in [1.82, 2.24) is 9.97 Å². The first-order chi connectivity index (χ1) is 10.2. The van der Waals surface area contributed by atoms with Crippen LogP contribution in [0.15, 0.2) is 30.6 Å². The first-order valence-corrected chi connectivity index (χ1v) is 6.00. The van der Waals surface area contributed by atoms with E-state index in [2.05, 4.69) is 20.7 Å². The molecule has 0 aliphatic rings. The predicted molar refractivity (Wildman–Crippen MR) is 77.3 cm³/mol. The Bertz CT molecular complexity index is 630. The zero-order valence-corrected chi connectivity index (χ0v) is 11.6. The van der Waals surface area contributed by atoms with E-state index >= 15 is 0 Å². The number of ether oxygens (including phenoxy) is 2. The summed E-state index contributed by atoms with van der Waals surface area (Å²) in [6.07, 6.45) is 2.68. The van der Waals surface area contributed by atoms with Crippen molar-refractivity contribution < 1.29 is 14.3 Å². The third kappa shape index (κ3) is 3.37. The normalized spacial score (nSPS) is 9.86. The van der Waals surface area contributed by atoms with Gasteiger partial charge in [-0.05, 0) is 12.1 Å². The van der Waals surface area contributed by atoms with Crippen LogP contribution < -0.4 is 26.1 Å². The van der Waals surface area contributed by atoms with E-state index in [0.29, 0.717) is 23.0 Å². The average molecular weight is 289 g/mol. The maximum atomic E-state index is 12.1. The number of hydrogen-bond acceptors (Lipinski definition) is 7. The highest BCUT2D eigenvalue weighted by atomic mass is 16.5. The quantitative estimate of drug-likeness (QED) is 0.556. The molecule has 0 spiro atoms. The number of amides is 1. The summed E-state index contributed by atoms with van der Waals surface area (Å²) in [6, 6.07) is 5.06. The molecular formula is C13H15N5O3. The van der Waals surface area contributed by atoms with E-state index in [9.17, 15) is 4.79 Å². The van der Waals surface area contributed by atoms with E-state index in [1.54, 1.807) is 25.3 Å². The summed E-state index contributed by atoms with van der Waals surface area (Å²) < 4.78 is 10.3. The summed E-state index contributed by atoms with van der Waals surface area (Å²) in [7, 11) is 3.06. The number of hydrogen-bond donors (Lipinski definition) is 3. The van der Waals surface area contributed by atoms with Gasteiger partial charge in [0.2, 0.25) is 0 Å². The van der Waals surface area contributed by atoms with E-state index in [0.717, 1.165) is 0 Å². The highest BCUT2D eigenvalue weighted by Gasteiger charge is 2.12. The van der Waals surface area contributed by atoms with Crippen LogP contribution in [0.3, 0.4) is 0 Å². The second kappa shape index (κ2) is 6.53. The van der Waals surface area contributed by atoms with Crippen molar-refractivity contribution in [2.75, 3.05) is 25.0 Å². The van der Waals surface area contributed by atoms with E-state index < -0.39 is 5.91 Å². The van der Waals surface area contributed by atoms with Crippen molar-refractivity contribution in [3.63, 3.8) is 0 Å². The Labute approximate surface area is 121 Å². The third-order valence-electron chi connectivity index (χ3n) is 2.69. The fourth-order valence-corrected chi connectivity index (χ4v) is 1.61. The first kappa shape index (κ1) is 14.5. The van der Waals surface area contributed by atoms with Crippen molar-refractivity contribution in [3.8, 4) is 11.5 Å². The molecule has 0 bridgehead atoms. The molecule has 0 aliphatic carbocycles. The van der Waals surface area contributed by atoms with Gasteiger partial charge < -0.3 is 20.2 Å². The number of carbonyl (C=O) groups excluding carboxylic acids is 1. The van der Waals surface area contributed by atoms with E-state index in [4.69, 9.17) is 15.3 Å². The summed E-state index contributed by atoms with van der Waals surface area (Å²) >= 11 is 0. The molecule has 1 amide bonds. The molecule has 8 heteroatoms. The zero-order chi connectivity index (χ0) is 15.2. The lowest BCUT2D eigenvalue weighted by Crippen LogP contribution is -2.16. The van der Waals surface area contributed by atoms with Crippen LogP contribution in [-0.4, -0.2) is 30.1 Å². The third-order valence-corrected chi connectivity index (χ3v) is 2.69. The number of aromatic nitrogens is 2. The molecule has 0 aliphatic heterocycles.